The number of hydrogen-bond acceptors (Lipinski definition) is 3. The molecule has 1 fully saturated rings. The molecule has 3 aromatic rings. The number of benzene rings is 1. The highest BCUT2D eigenvalue weighted by atomic mass is 35.5. The van der Waals surface area contributed by atoms with E-state index in [2.05, 4.69) is 20.6 Å². The van der Waals surface area contributed by atoms with Crippen LogP contribution in [-0.4, -0.2) is 42.5 Å². The van der Waals surface area contributed by atoms with Crippen LogP contribution >= 0.6 is 11.6 Å². The Bertz CT molecular complexity index is 884. The van der Waals surface area contributed by atoms with Crippen LogP contribution in [0.25, 0.3) is 16.9 Å². The Balaban J connectivity index is 1.77. The van der Waals surface area contributed by atoms with Gasteiger partial charge < -0.3 is 4.74 Å². The molecule has 4 rings (SSSR count). The van der Waals surface area contributed by atoms with Crippen molar-refractivity contribution in [1.82, 2.24) is 9.99 Å². The standard InChI is InChI=1S/C18H17ClN4O/c19-15-6-2-1-5-14(15)18-21-16(17-7-3-4-8-23(17)18)13-20-22-9-11-24-12-10-22/h1-8,13H,9-12H2/p+1/b20-13+. The molecule has 0 saturated carbocycles. The molecule has 0 atom stereocenters. The summed E-state index contributed by atoms with van der Waals surface area (Å²) >= 11 is 6.38. The Morgan fingerprint density at radius 2 is 1.92 bits per heavy atom. The quantitative estimate of drug-likeness (QED) is 0.588. The monoisotopic (exact) mass is 341 g/mol. The Labute approximate surface area is 145 Å². The summed E-state index contributed by atoms with van der Waals surface area (Å²) in [5.41, 5.74) is 2.98. The topological polar surface area (TPSA) is 44.7 Å². The number of imidazole rings is 1. The Morgan fingerprint density at radius 3 is 2.75 bits per heavy atom. The summed E-state index contributed by atoms with van der Waals surface area (Å²) in [6, 6.07) is 13.9. The minimum Gasteiger partial charge on any atom is -0.378 e. The first-order chi connectivity index (χ1) is 11.8. The van der Waals surface area contributed by atoms with Crippen molar-refractivity contribution in [2.24, 2.45) is 5.10 Å². The molecule has 0 radical (unpaired) electrons. The van der Waals surface area contributed by atoms with Crippen LogP contribution in [0.4, 0.5) is 0 Å². The van der Waals surface area contributed by atoms with Crippen molar-refractivity contribution >= 4 is 23.3 Å². The summed E-state index contributed by atoms with van der Waals surface area (Å²) in [7, 11) is 0. The second kappa shape index (κ2) is 6.63. The predicted octanol–water partition coefficient (Wildman–Crippen LogP) is 2.74. The smallest absolute Gasteiger partial charge is 0.293 e. The van der Waals surface area contributed by atoms with Gasteiger partial charge in [-0.05, 0) is 24.3 Å². The minimum absolute atomic E-state index is 0.716. The molecule has 6 heteroatoms. The van der Waals surface area contributed by atoms with E-state index >= 15 is 0 Å². The van der Waals surface area contributed by atoms with E-state index in [1.54, 1.807) is 0 Å². The van der Waals surface area contributed by atoms with Crippen molar-refractivity contribution in [1.29, 1.82) is 0 Å². The van der Waals surface area contributed by atoms with E-state index in [9.17, 15) is 0 Å². The van der Waals surface area contributed by atoms with Crippen LogP contribution in [0.15, 0.2) is 53.8 Å². The van der Waals surface area contributed by atoms with Gasteiger partial charge in [-0.1, -0.05) is 29.8 Å². The third-order valence-corrected chi connectivity index (χ3v) is 4.43. The zero-order valence-electron chi connectivity index (χ0n) is 13.2. The van der Waals surface area contributed by atoms with Gasteiger partial charge in [0.1, 0.15) is 0 Å². The maximum atomic E-state index is 6.38. The van der Waals surface area contributed by atoms with Crippen LogP contribution in [0.3, 0.4) is 0 Å². The first-order valence-corrected chi connectivity index (χ1v) is 8.35. The van der Waals surface area contributed by atoms with Gasteiger partial charge in [0.15, 0.2) is 11.2 Å². The van der Waals surface area contributed by atoms with Crippen molar-refractivity contribution in [3.8, 4) is 11.4 Å². The Kier molecular flexibility index (Phi) is 4.19. The molecule has 122 valence electrons. The number of nitrogens with zero attached hydrogens (tertiary/aromatic N) is 3. The maximum absolute atomic E-state index is 6.38. The molecule has 0 aliphatic carbocycles. The molecule has 0 spiro atoms. The summed E-state index contributed by atoms with van der Waals surface area (Å²) in [5.74, 6) is 0.944. The molecule has 3 heterocycles. The number of aromatic amines is 1. The zero-order valence-corrected chi connectivity index (χ0v) is 13.9. The van der Waals surface area contributed by atoms with E-state index < -0.39 is 0 Å². The van der Waals surface area contributed by atoms with Crippen LogP contribution in [0, 0.1) is 0 Å². The summed E-state index contributed by atoms with van der Waals surface area (Å²) in [6.07, 6.45) is 3.90. The number of ether oxygens (including phenoxy) is 1. The van der Waals surface area contributed by atoms with Crippen LogP contribution in [0.1, 0.15) is 5.69 Å². The number of nitrogens with one attached hydrogen (secondary N) is 1. The number of fused-ring (bicyclic) bond motifs is 1. The molecule has 0 bridgehead atoms. The van der Waals surface area contributed by atoms with Crippen molar-refractivity contribution < 1.29 is 9.14 Å². The lowest BCUT2D eigenvalue weighted by Crippen LogP contribution is -2.32. The molecular weight excluding hydrogens is 324 g/mol. The highest BCUT2D eigenvalue weighted by Gasteiger charge is 2.20. The fraction of sp³-hybridized carbons (Fsp3) is 0.222. The first kappa shape index (κ1) is 15.2. The number of hydrogen-bond donors (Lipinski definition) is 1. The number of morpholine rings is 1. The third kappa shape index (κ3) is 2.88. The number of hydrazone groups is 1. The molecule has 5 nitrogen and oxygen atoms in total. The van der Waals surface area contributed by atoms with Gasteiger partial charge in [0.05, 0.1) is 49.3 Å². The van der Waals surface area contributed by atoms with Gasteiger partial charge in [-0.15, -0.1) is 0 Å². The first-order valence-electron chi connectivity index (χ1n) is 7.97. The molecule has 0 amide bonds. The second-order valence-electron chi connectivity index (χ2n) is 5.63. The molecule has 2 aromatic heterocycles. The van der Waals surface area contributed by atoms with Gasteiger partial charge in [-0.2, -0.15) is 9.50 Å². The summed E-state index contributed by atoms with van der Waals surface area (Å²) in [4.78, 5) is 3.46. The van der Waals surface area contributed by atoms with E-state index in [0.29, 0.717) is 5.02 Å². The zero-order chi connectivity index (χ0) is 16.4. The number of halogens is 1. The van der Waals surface area contributed by atoms with Crippen LogP contribution in [-0.2, 0) is 4.74 Å². The molecule has 1 aromatic carbocycles. The maximum Gasteiger partial charge on any atom is 0.293 e. The van der Waals surface area contributed by atoms with Crippen LogP contribution in [0.5, 0.6) is 0 Å². The third-order valence-electron chi connectivity index (χ3n) is 4.10. The number of H-pyrrole nitrogens is 1. The van der Waals surface area contributed by atoms with E-state index in [1.807, 2.05) is 53.8 Å². The molecule has 1 aliphatic heterocycles. The lowest BCUT2D eigenvalue weighted by molar-refractivity contribution is -0.498. The van der Waals surface area contributed by atoms with Gasteiger partial charge in [0.25, 0.3) is 5.82 Å². The molecule has 1 N–H and O–H groups in total. The lowest BCUT2D eigenvalue weighted by Gasteiger charge is -2.23. The number of aromatic nitrogens is 2. The fourth-order valence-corrected chi connectivity index (χ4v) is 3.09. The SMILES string of the molecule is Clc1ccccc1-c1[nH]c(/C=N/N2CCOCC2)c2cccc[n+]12. The molecule has 1 saturated heterocycles. The van der Waals surface area contributed by atoms with E-state index in [1.165, 1.54) is 0 Å². The highest BCUT2D eigenvalue weighted by molar-refractivity contribution is 6.33. The summed E-state index contributed by atoms with van der Waals surface area (Å²) < 4.78 is 7.45. The van der Waals surface area contributed by atoms with Gasteiger partial charge in [-0.25, -0.2) is 4.98 Å². The van der Waals surface area contributed by atoms with E-state index in [-0.39, 0.29) is 0 Å². The number of pyridine rings is 1. The molecule has 0 unspecified atom stereocenters. The average molecular weight is 342 g/mol. The van der Waals surface area contributed by atoms with Crippen molar-refractivity contribution in [2.75, 3.05) is 26.3 Å². The van der Waals surface area contributed by atoms with Crippen LogP contribution in [0.2, 0.25) is 5.02 Å². The number of rotatable bonds is 3. The van der Waals surface area contributed by atoms with Gasteiger partial charge in [0, 0.05) is 0 Å². The largest absolute Gasteiger partial charge is 0.378 e. The molecular formula is C18H18ClN4O+. The normalized spacial score (nSPS) is 15.5. The average Bonchev–Trinajstić information content (AvgIpc) is 3.00. The lowest BCUT2D eigenvalue weighted by atomic mass is 10.2. The van der Waals surface area contributed by atoms with E-state index in [0.717, 1.165) is 48.9 Å². The summed E-state index contributed by atoms with van der Waals surface area (Å²) in [6.45, 7) is 3.09. The Morgan fingerprint density at radius 1 is 1.12 bits per heavy atom. The van der Waals surface area contributed by atoms with Crippen molar-refractivity contribution in [3.05, 3.63) is 59.4 Å². The van der Waals surface area contributed by atoms with Gasteiger partial charge in [0.2, 0.25) is 0 Å². The highest BCUT2D eigenvalue weighted by Crippen LogP contribution is 2.25. The van der Waals surface area contributed by atoms with Crippen molar-refractivity contribution in [3.63, 3.8) is 0 Å². The predicted molar refractivity (Wildman–Crippen MR) is 94.4 cm³/mol. The second-order valence-corrected chi connectivity index (χ2v) is 6.04. The summed E-state index contributed by atoms with van der Waals surface area (Å²) in [5, 5.41) is 7.33. The van der Waals surface area contributed by atoms with Gasteiger partial charge >= 0.3 is 0 Å². The van der Waals surface area contributed by atoms with Crippen molar-refractivity contribution in [2.45, 2.75) is 0 Å². The Hall–Kier alpha value is -2.37. The molecule has 24 heavy (non-hydrogen) atoms. The van der Waals surface area contributed by atoms with Crippen LogP contribution < -0.4 is 4.40 Å². The minimum atomic E-state index is 0.716. The van der Waals surface area contributed by atoms with E-state index in [4.69, 9.17) is 16.3 Å². The molecule has 1 aliphatic rings. The van der Waals surface area contributed by atoms with Gasteiger partial charge in [-0.3, -0.25) is 5.01 Å². The fourth-order valence-electron chi connectivity index (χ4n) is 2.87.